The molecule has 1 aromatic rings. The van der Waals surface area contributed by atoms with Crippen LogP contribution in [0.3, 0.4) is 0 Å². The van der Waals surface area contributed by atoms with E-state index in [4.69, 9.17) is 5.73 Å². The van der Waals surface area contributed by atoms with Crippen molar-refractivity contribution in [2.75, 3.05) is 23.8 Å². The highest BCUT2D eigenvalue weighted by molar-refractivity contribution is 5.99. The van der Waals surface area contributed by atoms with Crippen LogP contribution in [0.25, 0.3) is 0 Å². The maximum Gasteiger partial charge on any atom is 0.161 e. The first-order valence-electron chi connectivity index (χ1n) is 6.91. The molecule has 1 atom stereocenters. The van der Waals surface area contributed by atoms with Crippen molar-refractivity contribution in [3.8, 4) is 0 Å². The molecule has 2 rings (SSSR count). The molecule has 3 N–H and O–H groups in total. The number of nitrogen functional groups attached to an aromatic ring is 1. The number of Topliss-reactive ketones (excluding diaryl/α,β-unsaturated/α-hetero) is 1. The maximum absolute atomic E-state index is 11.4. The number of carbonyl (C=O) groups is 1. The van der Waals surface area contributed by atoms with Crippen LogP contribution in [0.1, 0.15) is 43.0 Å². The lowest BCUT2D eigenvalue weighted by Crippen LogP contribution is -2.37. The summed E-state index contributed by atoms with van der Waals surface area (Å²) < 4.78 is 0. The minimum atomic E-state index is -0.0152. The quantitative estimate of drug-likeness (QED) is 0.647. The van der Waals surface area contributed by atoms with E-state index in [1.807, 2.05) is 12.1 Å². The summed E-state index contributed by atoms with van der Waals surface area (Å²) in [6, 6.07) is 5.73. The molecule has 19 heavy (non-hydrogen) atoms. The minimum Gasteiger partial charge on any atom is -0.398 e. The Hall–Kier alpha value is -1.55. The fourth-order valence-electron chi connectivity index (χ4n) is 2.76. The SMILES string of the molecule is CC(=O)c1ccc(N2CCCCCC2CO)cc1N. The fraction of sp³-hybridized carbons (Fsp3) is 0.533. The molecule has 0 amide bonds. The second kappa shape index (κ2) is 6.06. The second-order valence-electron chi connectivity index (χ2n) is 5.21. The molecule has 1 aliphatic rings. The van der Waals surface area contributed by atoms with Crippen molar-refractivity contribution in [2.45, 2.75) is 38.6 Å². The molecule has 0 radical (unpaired) electrons. The third-order valence-electron chi connectivity index (χ3n) is 3.83. The van der Waals surface area contributed by atoms with Crippen LogP contribution in [-0.4, -0.2) is 30.1 Å². The summed E-state index contributed by atoms with van der Waals surface area (Å²) in [5.41, 5.74) is 8.04. The lowest BCUT2D eigenvalue weighted by Gasteiger charge is -2.31. The van der Waals surface area contributed by atoms with Crippen LogP contribution in [0.2, 0.25) is 0 Å². The first kappa shape index (κ1) is 13.9. The van der Waals surface area contributed by atoms with Crippen LogP contribution >= 0.6 is 0 Å². The number of ketones is 1. The van der Waals surface area contributed by atoms with Gasteiger partial charge in [0.05, 0.1) is 12.6 Å². The number of aliphatic hydroxyl groups is 1. The van der Waals surface area contributed by atoms with Gasteiger partial charge in [-0.1, -0.05) is 12.8 Å². The number of anilines is 2. The van der Waals surface area contributed by atoms with E-state index in [1.54, 1.807) is 6.07 Å². The van der Waals surface area contributed by atoms with E-state index < -0.39 is 0 Å². The van der Waals surface area contributed by atoms with Crippen LogP contribution in [0.5, 0.6) is 0 Å². The zero-order valence-corrected chi connectivity index (χ0v) is 11.4. The lowest BCUT2D eigenvalue weighted by molar-refractivity contribution is 0.101. The van der Waals surface area contributed by atoms with Crippen molar-refractivity contribution >= 4 is 17.2 Å². The number of nitrogens with two attached hydrogens (primary N) is 1. The van der Waals surface area contributed by atoms with Crippen LogP contribution in [-0.2, 0) is 0 Å². The Labute approximate surface area is 114 Å². The number of hydrogen-bond donors (Lipinski definition) is 2. The maximum atomic E-state index is 11.4. The first-order valence-corrected chi connectivity index (χ1v) is 6.91. The zero-order chi connectivity index (χ0) is 13.8. The molecule has 1 unspecified atom stereocenters. The van der Waals surface area contributed by atoms with Gasteiger partial charge >= 0.3 is 0 Å². The van der Waals surface area contributed by atoms with Crippen molar-refractivity contribution in [1.29, 1.82) is 0 Å². The average molecular weight is 262 g/mol. The largest absolute Gasteiger partial charge is 0.398 e. The monoisotopic (exact) mass is 262 g/mol. The Kier molecular flexibility index (Phi) is 4.43. The van der Waals surface area contributed by atoms with Gasteiger partial charge in [-0.25, -0.2) is 0 Å². The van der Waals surface area contributed by atoms with Gasteiger partial charge in [0.2, 0.25) is 0 Å². The number of carbonyl (C=O) groups excluding carboxylic acids is 1. The Morgan fingerprint density at radius 3 is 2.84 bits per heavy atom. The van der Waals surface area contributed by atoms with Crippen LogP contribution in [0, 0.1) is 0 Å². The highest BCUT2D eigenvalue weighted by atomic mass is 16.3. The summed E-state index contributed by atoms with van der Waals surface area (Å²) >= 11 is 0. The zero-order valence-electron chi connectivity index (χ0n) is 11.4. The molecule has 0 spiro atoms. The standard InChI is InChI=1S/C15H22N2O2/c1-11(19)14-7-6-12(9-15(14)16)17-8-4-2-3-5-13(17)10-18/h6-7,9,13,18H,2-5,8,10,16H2,1H3. The molecule has 0 aromatic heterocycles. The molecule has 4 nitrogen and oxygen atoms in total. The van der Waals surface area contributed by atoms with Crippen LogP contribution in [0.4, 0.5) is 11.4 Å². The van der Waals surface area contributed by atoms with Crippen LogP contribution in [0.15, 0.2) is 18.2 Å². The molecule has 4 heteroatoms. The molecular weight excluding hydrogens is 240 g/mol. The van der Waals surface area contributed by atoms with Crippen molar-refractivity contribution in [1.82, 2.24) is 0 Å². The first-order chi connectivity index (χ1) is 9.13. The molecule has 1 aromatic carbocycles. The van der Waals surface area contributed by atoms with Gasteiger partial charge in [-0.3, -0.25) is 4.79 Å². The van der Waals surface area contributed by atoms with E-state index >= 15 is 0 Å². The third kappa shape index (κ3) is 3.07. The van der Waals surface area contributed by atoms with E-state index in [0.717, 1.165) is 31.5 Å². The van der Waals surface area contributed by atoms with E-state index in [-0.39, 0.29) is 18.4 Å². The number of hydrogen-bond acceptors (Lipinski definition) is 4. The van der Waals surface area contributed by atoms with Gasteiger partial charge in [0.15, 0.2) is 5.78 Å². The molecule has 1 saturated heterocycles. The Morgan fingerprint density at radius 2 is 2.21 bits per heavy atom. The number of aliphatic hydroxyl groups excluding tert-OH is 1. The Balaban J connectivity index is 2.28. The molecule has 1 aliphatic heterocycles. The lowest BCUT2D eigenvalue weighted by atomic mass is 10.1. The molecule has 0 bridgehead atoms. The Morgan fingerprint density at radius 1 is 1.42 bits per heavy atom. The normalized spacial score (nSPS) is 20.1. The van der Waals surface area contributed by atoms with Gasteiger partial charge in [0, 0.05) is 23.5 Å². The van der Waals surface area contributed by atoms with Crippen LogP contribution < -0.4 is 10.6 Å². The van der Waals surface area contributed by atoms with Gasteiger partial charge < -0.3 is 15.7 Å². The van der Waals surface area contributed by atoms with E-state index in [1.165, 1.54) is 13.3 Å². The highest BCUT2D eigenvalue weighted by Gasteiger charge is 2.21. The molecule has 1 heterocycles. The van der Waals surface area contributed by atoms with Gasteiger partial charge in [0.1, 0.15) is 0 Å². The number of benzene rings is 1. The minimum absolute atomic E-state index is 0.0152. The van der Waals surface area contributed by atoms with E-state index in [9.17, 15) is 9.90 Å². The third-order valence-corrected chi connectivity index (χ3v) is 3.83. The fourth-order valence-corrected chi connectivity index (χ4v) is 2.76. The van der Waals surface area contributed by atoms with E-state index in [0.29, 0.717) is 11.3 Å². The average Bonchev–Trinajstić information content (AvgIpc) is 2.63. The molecule has 104 valence electrons. The van der Waals surface area contributed by atoms with Gasteiger partial charge in [-0.05, 0) is 38.0 Å². The van der Waals surface area contributed by atoms with Gasteiger partial charge in [-0.15, -0.1) is 0 Å². The number of nitrogens with zero attached hydrogens (tertiary/aromatic N) is 1. The highest BCUT2D eigenvalue weighted by Crippen LogP contribution is 2.27. The van der Waals surface area contributed by atoms with Crippen molar-refractivity contribution in [2.24, 2.45) is 0 Å². The summed E-state index contributed by atoms with van der Waals surface area (Å²) in [6.07, 6.45) is 4.49. The van der Waals surface area contributed by atoms with Gasteiger partial charge in [-0.2, -0.15) is 0 Å². The second-order valence-corrected chi connectivity index (χ2v) is 5.21. The van der Waals surface area contributed by atoms with Gasteiger partial charge in [0.25, 0.3) is 0 Å². The Bertz CT molecular complexity index is 459. The predicted molar refractivity (Wildman–Crippen MR) is 77.5 cm³/mol. The summed E-state index contributed by atoms with van der Waals surface area (Å²) in [6.45, 7) is 2.62. The molecule has 0 saturated carbocycles. The smallest absolute Gasteiger partial charge is 0.161 e. The van der Waals surface area contributed by atoms with Crippen molar-refractivity contribution in [3.63, 3.8) is 0 Å². The summed E-state index contributed by atoms with van der Waals surface area (Å²) in [5, 5.41) is 9.53. The summed E-state index contributed by atoms with van der Waals surface area (Å²) in [7, 11) is 0. The summed E-state index contributed by atoms with van der Waals surface area (Å²) in [4.78, 5) is 13.6. The summed E-state index contributed by atoms with van der Waals surface area (Å²) in [5.74, 6) is -0.0152. The number of rotatable bonds is 3. The molecular formula is C15H22N2O2. The molecule has 1 fully saturated rings. The predicted octanol–water partition coefficient (Wildman–Crippen LogP) is 2.21. The topological polar surface area (TPSA) is 66.6 Å². The van der Waals surface area contributed by atoms with E-state index in [2.05, 4.69) is 4.90 Å². The van der Waals surface area contributed by atoms with Crippen molar-refractivity contribution in [3.05, 3.63) is 23.8 Å². The molecule has 0 aliphatic carbocycles. The van der Waals surface area contributed by atoms with Crippen molar-refractivity contribution < 1.29 is 9.90 Å².